The van der Waals surface area contributed by atoms with Crippen LogP contribution in [-0.2, 0) is 59.2 Å². The van der Waals surface area contributed by atoms with Crippen molar-refractivity contribution >= 4 is 155 Å². The predicted octanol–water partition coefficient (Wildman–Crippen LogP) is 7.55. The largest absolute Gasteiger partial charge is 0.733 e. The monoisotopic (exact) mass is 1480 g/mol. The van der Waals surface area contributed by atoms with Crippen molar-refractivity contribution in [1.82, 2.24) is 16.2 Å². The minimum Gasteiger partial charge on any atom is -0.733 e. The van der Waals surface area contributed by atoms with Gasteiger partial charge in [0.1, 0.15) is 22.8 Å². The third kappa shape index (κ3) is 18.6. The predicted molar refractivity (Wildman–Crippen MR) is 373 cm³/mol. The summed E-state index contributed by atoms with van der Waals surface area (Å²) in [4.78, 5) is 62.9. The molecule has 10 rings (SSSR count). The van der Waals surface area contributed by atoms with Crippen LogP contribution in [0.25, 0.3) is 0 Å². The molecule has 0 amide bonds. The molecule has 0 spiro atoms. The smallest absolute Gasteiger partial charge is 0.388 e. The Morgan fingerprint density at radius 3 is 1.11 bits per heavy atom. The fraction of sp³-hybridized carbons (Fsp3) is 0. The zero-order chi connectivity index (χ0) is 74.3. The minimum absolute atomic E-state index is 0.0315. The van der Waals surface area contributed by atoms with Crippen molar-refractivity contribution in [3.8, 4) is 0 Å². The second-order valence-corrected chi connectivity index (χ2v) is 26.5. The Morgan fingerprint density at radius 2 is 0.767 bits per heavy atom. The van der Waals surface area contributed by atoms with Gasteiger partial charge in [0.25, 0.3) is 21.2 Å². The molecule has 0 bridgehead atoms. The van der Waals surface area contributed by atoms with Crippen molar-refractivity contribution in [2.75, 3.05) is 10.5 Å². The van der Waals surface area contributed by atoms with Gasteiger partial charge in [-0.25, -0.2) is 20.0 Å². The van der Waals surface area contributed by atoms with Crippen LogP contribution in [0, 0.1) is 25.4 Å². The Balaban J connectivity index is 0.973. The van der Waals surface area contributed by atoms with E-state index in [0.717, 1.165) is 84.9 Å². The number of nitro benzene ring substituents is 2. The van der Waals surface area contributed by atoms with Crippen molar-refractivity contribution in [2.24, 2.45) is 50.6 Å². The van der Waals surface area contributed by atoms with Crippen molar-refractivity contribution < 1.29 is 87.6 Å². The highest BCUT2D eigenvalue weighted by Gasteiger charge is 2.34. The van der Waals surface area contributed by atoms with Crippen LogP contribution in [-0.4, -0.2) is 138 Å². The number of nitro groups is 2. The van der Waals surface area contributed by atoms with Gasteiger partial charge in [0, 0.05) is 36.4 Å². The maximum absolute atomic E-state index is 14.1. The lowest BCUT2D eigenvalue weighted by Crippen LogP contribution is -2.32. The molecule has 103 heavy (non-hydrogen) atoms. The number of anilines is 2. The van der Waals surface area contributed by atoms with Gasteiger partial charge in [-0.2, -0.15) is 55.5 Å². The molecule has 12 N–H and O–H groups in total. The maximum Gasteiger partial charge on any atom is 0.388 e. The summed E-state index contributed by atoms with van der Waals surface area (Å²) in [5, 5.41) is 90.2. The lowest BCUT2D eigenvalue weighted by molar-refractivity contribution is -0.388. The first-order chi connectivity index (χ1) is 48.6. The van der Waals surface area contributed by atoms with Gasteiger partial charge in [0.2, 0.25) is 11.6 Å². The summed E-state index contributed by atoms with van der Waals surface area (Å²) >= 11 is 0. The molecular formula is C60H44N17O22S4+. The van der Waals surface area contributed by atoms with Crippen LogP contribution in [0.15, 0.2) is 287 Å². The zero-order valence-electron chi connectivity index (χ0n) is 51.2. The van der Waals surface area contributed by atoms with E-state index in [1.807, 2.05) is 0 Å². The number of benzene rings is 4. The fourth-order valence-electron chi connectivity index (χ4n) is 8.99. The first-order valence-electron chi connectivity index (χ1n) is 28.3. The van der Waals surface area contributed by atoms with Crippen LogP contribution in [0.1, 0.15) is 0 Å². The number of allylic oxidation sites excluding steroid dienone is 20. The number of carbonyl (C=O) groups excluding carboxylic acids is 2. The molecule has 4 aromatic rings. The SMILES string of the molecule is O=C1C=C(NC2=CC(=O)C(=NN=C3C=CC(=Nc4ccc(N(O)O)cc4[S+](=O)(O)O)C=C3)C=C2NN=C2C=CC(=Nc3ccc([N+](=O)[O-])c(S(=O)(=O)O)c3)C=C2)C(NN=C2C=CC(=Nc3ccc([N+](=O)[O-])c(S(=O)(=O)O)c3)C=C2)=CC1=NN=C1C=CC(=Nc2ccc(N([O-])O)cc2[S+](=O)(O)O)C=C1. The van der Waals surface area contributed by atoms with Gasteiger partial charge in [0.05, 0.1) is 101 Å². The first kappa shape index (κ1) is 73.1. The van der Waals surface area contributed by atoms with Crippen LogP contribution < -0.4 is 26.6 Å². The van der Waals surface area contributed by atoms with Gasteiger partial charge in [0.15, 0.2) is 9.79 Å². The van der Waals surface area contributed by atoms with Crippen LogP contribution in [0.3, 0.4) is 0 Å². The van der Waals surface area contributed by atoms with E-state index in [1.165, 1.54) is 109 Å². The molecule has 0 aliphatic heterocycles. The van der Waals surface area contributed by atoms with Gasteiger partial charge in [-0.15, -0.1) is 15.4 Å². The Bertz CT molecular complexity index is 5070. The number of carbonyl (C=O) groups is 2. The molecule has 0 saturated heterocycles. The number of hydrazone groups is 2. The highest BCUT2D eigenvalue weighted by Crippen LogP contribution is 2.35. The Kier molecular flexibility index (Phi) is 21.4. The molecule has 43 heteroatoms. The molecule has 0 atom stereocenters. The molecule has 4 aromatic carbocycles. The van der Waals surface area contributed by atoms with Crippen molar-refractivity contribution in [3.05, 3.63) is 243 Å². The fourth-order valence-corrected chi connectivity index (χ4v) is 11.7. The van der Waals surface area contributed by atoms with Gasteiger partial charge < -0.3 is 15.8 Å². The standard InChI is InChI=1S/C60H43N17O22S4/c78-55-31-47(49(70-66-37-9-1-33(2-10-37)61-41-17-23-53(76(84)85)59(25-41)102(94,95)96)29-51(55)72-68-39-13-5-35(6-14-39)63-45-21-19-43(74(80)81)27-57(45)100(88,89)90)65-48-32-56(79)52(73-69-40-15-7-36(8-16-40)64-46-22-20-44(75(82)83)28-58(46)101(91,92)93)30-50(48)71-67-38-11-3-34(4-12-38)62-42-18-24-54(77(86)87)60(26-42)103(97,98)99/h1-32,80-82H,(H8-,61,62,63,64,65,70,71,72,73,78,79,88,89,90,91,92,93,94,95,96,97,98,99)/p+1. The molecule has 0 saturated carbocycles. The molecule has 6 aliphatic rings. The van der Waals surface area contributed by atoms with Crippen LogP contribution in [0.5, 0.6) is 0 Å². The maximum atomic E-state index is 14.1. The lowest BCUT2D eigenvalue weighted by atomic mass is 10.0. The average molecular weight is 1480 g/mol. The Labute approximate surface area is 579 Å². The molecule has 0 aromatic heterocycles. The quantitative estimate of drug-likeness (QED) is 0.0101. The average Bonchev–Trinajstić information content (AvgIpc) is 0.826. The normalized spacial score (nSPS) is 16.7. The van der Waals surface area contributed by atoms with Gasteiger partial charge >= 0.3 is 41.2 Å². The molecule has 0 radical (unpaired) electrons. The molecule has 39 nitrogen and oxygen atoms in total. The minimum atomic E-state index is -5.06. The van der Waals surface area contributed by atoms with Crippen LogP contribution >= 0.6 is 0 Å². The van der Waals surface area contributed by atoms with Crippen molar-refractivity contribution in [2.45, 2.75) is 19.6 Å². The number of hydrogen-bond donors (Lipinski definition) is 12. The van der Waals surface area contributed by atoms with E-state index in [1.54, 1.807) is 0 Å². The summed E-state index contributed by atoms with van der Waals surface area (Å²) in [6.45, 7) is 0. The van der Waals surface area contributed by atoms with Crippen LogP contribution in [0.4, 0.5) is 45.5 Å². The van der Waals surface area contributed by atoms with E-state index in [-0.39, 0.29) is 114 Å². The van der Waals surface area contributed by atoms with Crippen molar-refractivity contribution in [1.29, 1.82) is 0 Å². The Morgan fingerprint density at radius 1 is 0.427 bits per heavy atom. The van der Waals surface area contributed by atoms with E-state index >= 15 is 0 Å². The van der Waals surface area contributed by atoms with Crippen LogP contribution in [0.2, 0.25) is 0 Å². The van der Waals surface area contributed by atoms with E-state index in [9.17, 15) is 103 Å². The summed E-state index contributed by atoms with van der Waals surface area (Å²) in [5.74, 6) is -1.57. The molecule has 524 valence electrons. The first-order valence-corrected chi connectivity index (χ1v) is 34.1. The van der Waals surface area contributed by atoms with E-state index in [0.29, 0.717) is 0 Å². The van der Waals surface area contributed by atoms with E-state index in [4.69, 9.17) is 0 Å². The summed E-state index contributed by atoms with van der Waals surface area (Å²) in [7, 11) is -19.5. The number of hydrogen-bond acceptors (Lipinski definition) is 31. The summed E-state index contributed by atoms with van der Waals surface area (Å²) < 4.78 is 132. The van der Waals surface area contributed by atoms with Crippen molar-refractivity contribution in [3.63, 3.8) is 0 Å². The lowest BCUT2D eigenvalue weighted by Gasteiger charge is -2.22. The zero-order valence-corrected chi connectivity index (χ0v) is 54.5. The summed E-state index contributed by atoms with van der Waals surface area (Å²) in [5.41, 5.74) is 2.69. The molecule has 0 fully saturated rings. The molecule has 0 heterocycles. The second-order valence-electron chi connectivity index (χ2n) is 20.8. The van der Waals surface area contributed by atoms with E-state index in [2.05, 4.69) is 66.7 Å². The second kappa shape index (κ2) is 30.1. The molecule has 0 unspecified atom stereocenters. The highest BCUT2D eigenvalue weighted by molar-refractivity contribution is 7.92. The third-order valence-electron chi connectivity index (χ3n) is 13.8. The molecular weight excluding hydrogens is 1440 g/mol. The third-order valence-corrected chi connectivity index (χ3v) is 17.4. The summed E-state index contributed by atoms with van der Waals surface area (Å²) in [6.07, 6.45) is 27.0. The van der Waals surface area contributed by atoms with Gasteiger partial charge in [-0.3, -0.25) is 65.4 Å². The van der Waals surface area contributed by atoms with Gasteiger partial charge in [-0.05, 0) is 166 Å². The Hall–Kier alpha value is -12.6. The number of nitrogens with one attached hydrogen (secondary N) is 3. The number of aliphatic imine (C=N–C) groups is 4. The molecule has 6 aliphatic carbocycles. The van der Waals surface area contributed by atoms with Gasteiger partial charge in [-0.1, -0.05) is 0 Å². The topological polar surface area (TPSA) is 594 Å². The number of nitrogens with zero attached hydrogens (tertiary/aromatic N) is 14. The summed E-state index contributed by atoms with van der Waals surface area (Å²) in [6, 6.07) is 11.6. The number of ketones is 2. The van der Waals surface area contributed by atoms with E-state index < -0.39 is 105 Å². The highest BCUT2D eigenvalue weighted by atomic mass is 32.3. The number of rotatable bonds is 20.